The first kappa shape index (κ1) is 70.4. The fourth-order valence-corrected chi connectivity index (χ4v) is 18.3. The molecule has 2 aliphatic carbocycles. The van der Waals surface area contributed by atoms with Crippen molar-refractivity contribution in [3.63, 3.8) is 0 Å². The van der Waals surface area contributed by atoms with Gasteiger partial charge in [-0.2, -0.15) is 0 Å². The predicted octanol–water partition coefficient (Wildman–Crippen LogP) is 27.4. The fourth-order valence-electron chi connectivity index (χ4n) is 18.3. The third-order valence-electron chi connectivity index (χ3n) is 23.6. The van der Waals surface area contributed by atoms with Crippen LogP contribution in [-0.2, 0) is 10.8 Å². The van der Waals surface area contributed by atoms with E-state index in [1.54, 1.807) is 0 Å². The third kappa shape index (κ3) is 12.4. The molecular weight excluding hydrogens is 1430 g/mol. The SMILES string of the molecule is c1ccc(-c2nc(-c3ccccc3)nc(-c3cccc(-c4cccc(-c5ccc6ccc7c(c6c5)C(c5ccccc5)(c5ccccc5)c5ccccc5-7)c4)c3)n2)cc1.c1ccc(-c2nc(-c3ccccc3)nc(-c3ccccc3-c3cccc(-c4ccc5c6c(ccc5c4)-c4ccccc4C6(c4ccccc4)c4ccccc4)c3)n2)cc1. The summed E-state index contributed by atoms with van der Waals surface area (Å²) in [7, 11) is 0. The Morgan fingerprint density at radius 3 is 0.856 bits per heavy atom. The van der Waals surface area contributed by atoms with E-state index in [0.717, 1.165) is 72.3 Å². The summed E-state index contributed by atoms with van der Waals surface area (Å²) in [5.41, 5.74) is 29.3. The molecular formula is C112H74N6. The molecule has 552 valence electrons. The van der Waals surface area contributed by atoms with Crippen molar-refractivity contribution in [2.75, 3.05) is 0 Å². The van der Waals surface area contributed by atoms with Crippen molar-refractivity contribution >= 4 is 21.5 Å². The molecule has 0 atom stereocenters. The van der Waals surface area contributed by atoms with Gasteiger partial charge in [-0.15, -0.1) is 0 Å². The molecule has 6 heteroatoms. The second-order valence-corrected chi connectivity index (χ2v) is 30.3. The highest BCUT2D eigenvalue weighted by Gasteiger charge is 2.49. The van der Waals surface area contributed by atoms with E-state index in [1.165, 1.54) is 93.9 Å². The van der Waals surface area contributed by atoms with E-state index >= 15 is 0 Å². The van der Waals surface area contributed by atoms with E-state index in [2.05, 4.69) is 328 Å². The van der Waals surface area contributed by atoms with Gasteiger partial charge in [-0.25, -0.2) is 29.9 Å². The normalized spacial score (nSPS) is 12.5. The Hall–Kier alpha value is -15.5. The molecule has 2 aromatic heterocycles. The van der Waals surface area contributed by atoms with Gasteiger partial charge in [-0.05, 0) is 163 Å². The number of aromatic nitrogens is 6. The standard InChI is InChI=1S/2C56H37N3/c1-5-17-39(18-6-1)53-57-54(40-19-7-2-8-20-40)59-55(58-53)45-24-16-23-43(36-45)41-21-15-22-42(35-41)44-32-31-38-33-34-49-48-29-13-14-30-51(48)56(52(49)50(38)37-44,46-25-9-3-10-26-46)47-27-11-4-12-28-47;1-5-18-38(19-6-1)53-57-54(39-20-7-2-8-21-39)59-55(58-53)50-30-14-13-28-46(50)42-23-17-22-40(36-42)41-32-34-47-43(37-41)33-35-49-48-29-15-16-31-51(48)56(52(47)49,44-24-9-3-10-25-44)45-26-11-4-12-27-45/h2*1-37H. The number of nitrogens with zero attached hydrogens (tertiary/aromatic N) is 6. The topological polar surface area (TPSA) is 77.3 Å². The van der Waals surface area contributed by atoms with Gasteiger partial charge in [0.1, 0.15) is 0 Å². The maximum atomic E-state index is 5.08. The monoisotopic (exact) mass is 1500 g/mol. The molecule has 22 rings (SSSR count). The van der Waals surface area contributed by atoms with Crippen LogP contribution in [0.3, 0.4) is 0 Å². The van der Waals surface area contributed by atoms with E-state index in [0.29, 0.717) is 34.9 Å². The van der Waals surface area contributed by atoms with Crippen molar-refractivity contribution in [3.05, 3.63) is 493 Å². The molecule has 6 nitrogen and oxygen atoms in total. The summed E-state index contributed by atoms with van der Waals surface area (Å²) in [4.78, 5) is 30.0. The minimum atomic E-state index is -0.481. The van der Waals surface area contributed by atoms with E-state index in [9.17, 15) is 0 Å². The van der Waals surface area contributed by atoms with Crippen molar-refractivity contribution in [2.45, 2.75) is 10.8 Å². The van der Waals surface area contributed by atoms with Crippen LogP contribution in [-0.4, -0.2) is 29.9 Å². The van der Waals surface area contributed by atoms with Crippen molar-refractivity contribution < 1.29 is 0 Å². The van der Waals surface area contributed by atoms with Crippen LogP contribution in [0.1, 0.15) is 44.5 Å². The summed E-state index contributed by atoms with van der Waals surface area (Å²) in [6.07, 6.45) is 0. The summed E-state index contributed by atoms with van der Waals surface area (Å²) < 4.78 is 0. The molecule has 2 heterocycles. The number of rotatable bonds is 14. The highest BCUT2D eigenvalue weighted by Crippen LogP contribution is 2.60. The van der Waals surface area contributed by atoms with Crippen LogP contribution >= 0.6 is 0 Å². The fraction of sp³-hybridized carbons (Fsp3) is 0.0179. The van der Waals surface area contributed by atoms with Gasteiger partial charge >= 0.3 is 0 Å². The molecule has 20 aromatic rings. The maximum absolute atomic E-state index is 5.08. The van der Waals surface area contributed by atoms with E-state index in [-0.39, 0.29) is 0 Å². The summed E-state index contributed by atoms with van der Waals surface area (Å²) in [6, 6.07) is 160. The minimum Gasteiger partial charge on any atom is -0.208 e. The zero-order valence-electron chi connectivity index (χ0n) is 64.4. The van der Waals surface area contributed by atoms with Crippen LogP contribution < -0.4 is 0 Å². The first-order chi connectivity index (χ1) is 58.5. The molecule has 18 aromatic carbocycles. The van der Waals surface area contributed by atoms with E-state index < -0.39 is 10.8 Å². The smallest absolute Gasteiger partial charge is 0.164 e. The van der Waals surface area contributed by atoms with Crippen molar-refractivity contribution in [1.29, 1.82) is 0 Å². The zero-order chi connectivity index (χ0) is 78.4. The van der Waals surface area contributed by atoms with Gasteiger partial charge in [0.15, 0.2) is 34.9 Å². The number of benzene rings is 18. The molecule has 0 N–H and O–H groups in total. The molecule has 0 amide bonds. The van der Waals surface area contributed by atoms with E-state index in [1.807, 2.05) is 121 Å². The molecule has 0 aliphatic heterocycles. The van der Waals surface area contributed by atoms with Gasteiger partial charge < -0.3 is 0 Å². The second kappa shape index (κ2) is 30.1. The lowest BCUT2D eigenvalue weighted by molar-refractivity contribution is 0.775. The summed E-state index contributed by atoms with van der Waals surface area (Å²) >= 11 is 0. The Balaban J connectivity index is 0.000000147. The largest absolute Gasteiger partial charge is 0.208 e. The number of hydrogen-bond acceptors (Lipinski definition) is 6. The summed E-state index contributed by atoms with van der Waals surface area (Å²) in [5, 5.41) is 4.95. The van der Waals surface area contributed by atoms with Gasteiger partial charge in [0.05, 0.1) is 10.8 Å². The lowest BCUT2D eigenvalue weighted by Crippen LogP contribution is -2.28. The van der Waals surface area contributed by atoms with Crippen LogP contribution in [0.2, 0.25) is 0 Å². The molecule has 0 fully saturated rings. The Morgan fingerprint density at radius 2 is 0.424 bits per heavy atom. The minimum absolute atomic E-state index is 0.463. The first-order valence-electron chi connectivity index (χ1n) is 40.2. The summed E-state index contributed by atoms with van der Waals surface area (Å²) in [5.74, 6) is 3.87. The lowest BCUT2D eigenvalue weighted by atomic mass is 9.66. The Bertz CT molecular complexity index is 6950. The molecule has 0 bridgehead atoms. The number of hydrogen-bond donors (Lipinski definition) is 0. The quantitative estimate of drug-likeness (QED) is 0.108. The molecule has 0 unspecified atom stereocenters. The lowest BCUT2D eigenvalue weighted by Gasteiger charge is -2.34. The second-order valence-electron chi connectivity index (χ2n) is 30.3. The molecule has 2 aliphatic rings. The third-order valence-corrected chi connectivity index (χ3v) is 23.6. The van der Waals surface area contributed by atoms with Crippen molar-refractivity contribution in [3.8, 4) is 135 Å². The molecule has 0 radical (unpaired) electrons. The van der Waals surface area contributed by atoms with Gasteiger partial charge in [0.25, 0.3) is 0 Å². The first-order valence-corrected chi connectivity index (χ1v) is 40.2. The summed E-state index contributed by atoms with van der Waals surface area (Å²) in [6.45, 7) is 0. The zero-order valence-corrected chi connectivity index (χ0v) is 64.4. The van der Waals surface area contributed by atoms with Crippen molar-refractivity contribution in [1.82, 2.24) is 29.9 Å². The van der Waals surface area contributed by atoms with Crippen LogP contribution in [0.4, 0.5) is 0 Å². The average molecular weight is 1500 g/mol. The molecule has 0 saturated heterocycles. The molecule has 0 saturated carbocycles. The van der Waals surface area contributed by atoms with E-state index in [4.69, 9.17) is 29.9 Å². The van der Waals surface area contributed by atoms with Gasteiger partial charge in [-0.1, -0.05) is 419 Å². The Kier molecular flexibility index (Phi) is 18.0. The molecule has 0 spiro atoms. The highest BCUT2D eigenvalue weighted by atomic mass is 15.0. The number of fused-ring (bicyclic) bond motifs is 10. The van der Waals surface area contributed by atoms with Gasteiger partial charge in [0, 0.05) is 33.4 Å². The average Bonchev–Trinajstić information content (AvgIpc) is 1.53. The van der Waals surface area contributed by atoms with Crippen molar-refractivity contribution in [2.24, 2.45) is 0 Å². The van der Waals surface area contributed by atoms with Crippen LogP contribution in [0.5, 0.6) is 0 Å². The molecule has 118 heavy (non-hydrogen) atoms. The maximum Gasteiger partial charge on any atom is 0.164 e. The predicted molar refractivity (Wildman–Crippen MR) is 484 cm³/mol. The Morgan fingerprint density at radius 1 is 0.144 bits per heavy atom. The van der Waals surface area contributed by atoms with Gasteiger partial charge in [0.2, 0.25) is 0 Å². The van der Waals surface area contributed by atoms with Crippen LogP contribution in [0, 0.1) is 0 Å². The van der Waals surface area contributed by atoms with Crippen LogP contribution in [0.15, 0.2) is 449 Å². The van der Waals surface area contributed by atoms with Gasteiger partial charge in [-0.3, -0.25) is 0 Å². The Labute approximate surface area is 686 Å². The highest BCUT2D eigenvalue weighted by molar-refractivity contribution is 6.04. The van der Waals surface area contributed by atoms with Crippen LogP contribution in [0.25, 0.3) is 157 Å².